The lowest BCUT2D eigenvalue weighted by Gasteiger charge is -2.31. The zero-order valence-electron chi connectivity index (χ0n) is 10.6. The Bertz CT molecular complexity index is 707. The summed E-state index contributed by atoms with van der Waals surface area (Å²) in [6.07, 6.45) is 2.51. The van der Waals surface area contributed by atoms with Crippen molar-refractivity contribution in [3.05, 3.63) is 31.8 Å². The first kappa shape index (κ1) is 13.4. The van der Waals surface area contributed by atoms with Gasteiger partial charge in [-0.2, -0.15) is 0 Å². The molecular weight excluding hydrogens is 365 g/mol. The van der Waals surface area contributed by atoms with Crippen LogP contribution in [0, 0.1) is 0 Å². The van der Waals surface area contributed by atoms with Gasteiger partial charge in [-0.1, -0.05) is 39.1 Å². The van der Waals surface area contributed by atoms with Crippen LogP contribution in [-0.2, 0) is 22.3 Å². The van der Waals surface area contributed by atoms with Crippen LogP contribution in [0.15, 0.2) is 10.5 Å². The van der Waals surface area contributed by atoms with Crippen LogP contribution >= 0.6 is 39.1 Å². The molecule has 1 aliphatic heterocycles. The average Bonchev–Trinajstić information content (AvgIpc) is 3.01. The fourth-order valence-corrected chi connectivity index (χ4v) is 4.41. The van der Waals surface area contributed by atoms with Gasteiger partial charge in [0.05, 0.1) is 28.8 Å². The molecule has 6 heteroatoms. The minimum Gasteiger partial charge on any atom is -0.357 e. The number of aryl methyl sites for hydroxylation is 1. The second-order valence-corrected chi connectivity index (χ2v) is 6.91. The number of fused-ring (bicyclic) bond motifs is 3. The topological polar surface area (TPSA) is 34.2 Å². The summed E-state index contributed by atoms with van der Waals surface area (Å²) in [5.41, 5.74) is 3.32. The lowest BCUT2D eigenvalue weighted by atomic mass is 9.90. The predicted octanol–water partition coefficient (Wildman–Crippen LogP) is 4.47. The van der Waals surface area contributed by atoms with Crippen LogP contribution < -0.4 is 0 Å². The van der Waals surface area contributed by atoms with Crippen LogP contribution in [0.2, 0.25) is 10.0 Å². The van der Waals surface area contributed by atoms with E-state index in [-0.39, 0.29) is 0 Å². The molecule has 20 heavy (non-hydrogen) atoms. The Morgan fingerprint density at radius 1 is 1.25 bits per heavy atom. The van der Waals surface area contributed by atoms with E-state index in [1.807, 2.05) is 6.07 Å². The second kappa shape index (κ2) is 4.62. The first-order chi connectivity index (χ1) is 9.60. The van der Waals surface area contributed by atoms with E-state index in [1.54, 1.807) is 0 Å². The number of hydrogen-bond donors (Lipinski definition) is 1. The molecule has 1 aromatic carbocycles. The van der Waals surface area contributed by atoms with E-state index < -0.39 is 5.79 Å². The summed E-state index contributed by atoms with van der Waals surface area (Å²) < 4.78 is 12.6. The van der Waals surface area contributed by atoms with E-state index in [2.05, 4.69) is 20.9 Å². The molecule has 1 N–H and O–H groups in total. The van der Waals surface area contributed by atoms with E-state index in [0.29, 0.717) is 23.3 Å². The highest BCUT2D eigenvalue weighted by molar-refractivity contribution is 9.10. The largest absolute Gasteiger partial charge is 0.357 e. The standard InChI is InChI=1S/C14H12BrCl2NO2/c15-8-5-9(16)12(17)13-11(8)7-6-14(19-3-4-20-14)2-1-10(7)18-13/h5,18H,1-4,6H2. The molecule has 0 atom stereocenters. The molecule has 4 rings (SSSR count). The predicted molar refractivity (Wildman–Crippen MR) is 82.7 cm³/mol. The summed E-state index contributed by atoms with van der Waals surface area (Å²) in [7, 11) is 0. The Balaban J connectivity index is 1.93. The van der Waals surface area contributed by atoms with Gasteiger partial charge in [-0.15, -0.1) is 0 Å². The van der Waals surface area contributed by atoms with Gasteiger partial charge in [0.1, 0.15) is 0 Å². The summed E-state index contributed by atoms with van der Waals surface area (Å²) in [6, 6.07) is 1.85. The van der Waals surface area contributed by atoms with Crippen molar-refractivity contribution < 1.29 is 9.47 Å². The van der Waals surface area contributed by atoms with Gasteiger partial charge >= 0.3 is 0 Å². The molecule has 3 nitrogen and oxygen atoms in total. The van der Waals surface area contributed by atoms with Gasteiger partial charge in [-0.05, 0) is 18.1 Å². The molecule has 2 aliphatic rings. The van der Waals surface area contributed by atoms with Crippen molar-refractivity contribution in [2.24, 2.45) is 0 Å². The summed E-state index contributed by atoms with van der Waals surface area (Å²) >= 11 is 16.1. The zero-order chi connectivity index (χ0) is 13.9. The van der Waals surface area contributed by atoms with Crippen LogP contribution in [0.1, 0.15) is 17.7 Å². The molecule has 0 bridgehead atoms. The molecule has 1 fully saturated rings. The average molecular weight is 377 g/mol. The van der Waals surface area contributed by atoms with E-state index in [9.17, 15) is 0 Å². The van der Waals surface area contributed by atoms with Gasteiger partial charge in [0, 0.05) is 28.4 Å². The van der Waals surface area contributed by atoms with Crippen LogP contribution in [0.5, 0.6) is 0 Å². The van der Waals surface area contributed by atoms with Gasteiger partial charge < -0.3 is 14.5 Å². The normalized spacial score (nSPS) is 20.8. The number of nitrogens with one attached hydrogen (secondary N) is 1. The number of halogens is 3. The van der Waals surface area contributed by atoms with Crippen molar-refractivity contribution in [3.8, 4) is 0 Å². The Labute approximate surface area is 134 Å². The summed E-state index contributed by atoms with van der Waals surface area (Å²) in [5.74, 6) is -0.451. The smallest absolute Gasteiger partial charge is 0.172 e. The number of rotatable bonds is 0. The van der Waals surface area contributed by atoms with Crippen molar-refractivity contribution in [3.63, 3.8) is 0 Å². The molecule has 2 heterocycles. The van der Waals surface area contributed by atoms with E-state index >= 15 is 0 Å². The van der Waals surface area contributed by atoms with Gasteiger partial charge in [0.15, 0.2) is 5.79 Å². The molecule has 0 amide bonds. The van der Waals surface area contributed by atoms with Crippen molar-refractivity contribution in [1.29, 1.82) is 0 Å². The molecule has 1 spiro atoms. The second-order valence-electron chi connectivity index (χ2n) is 5.27. The molecule has 106 valence electrons. The van der Waals surface area contributed by atoms with E-state index in [1.165, 1.54) is 11.3 Å². The maximum absolute atomic E-state index is 6.32. The first-order valence-corrected chi connectivity index (χ1v) is 8.09. The number of aromatic amines is 1. The third kappa shape index (κ3) is 1.86. The fraction of sp³-hybridized carbons (Fsp3) is 0.429. The lowest BCUT2D eigenvalue weighted by Crippen LogP contribution is -2.36. The number of benzene rings is 1. The van der Waals surface area contributed by atoms with Crippen molar-refractivity contribution >= 4 is 50.0 Å². The molecule has 1 saturated heterocycles. The third-order valence-electron chi connectivity index (χ3n) is 4.13. The molecular formula is C14H12BrCl2NO2. The minimum atomic E-state index is -0.451. The zero-order valence-corrected chi connectivity index (χ0v) is 13.7. The summed E-state index contributed by atoms with van der Waals surface area (Å²) in [4.78, 5) is 3.41. The Hall–Kier alpha value is -0.260. The maximum Gasteiger partial charge on any atom is 0.172 e. The van der Waals surface area contributed by atoms with Crippen LogP contribution in [0.4, 0.5) is 0 Å². The van der Waals surface area contributed by atoms with Gasteiger partial charge in [-0.3, -0.25) is 0 Å². The maximum atomic E-state index is 6.32. The number of ether oxygens (including phenoxy) is 2. The van der Waals surface area contributed by atoms with Crippen molar-refractivity contribution in [2.45, 2.75) is 25.0 Å². The molecule has 1 aromatic heterocycles. The quantitative estimate of drug-likeness (QED) is 0.688. The summed E-state index contributed by atoms with van der Waals surface area (Å²) in [5, 5.41) is 2.21. The van der Waals surface area contributed by atoms with E-state index in [0.717, 1.165) is 34.6 Å². The molecule has 1 aliphatic carbocycles. The highest BCUT2D eigenvalue weighted by atomic mass is 79.9. The molecule has 0 saturated carbocycles. The van der Waals surface area contributed by atoms with Gasteiger partial charge in [-0.25, -0.2) is 0 Å². The number of aromatic nitrogens is 1. The van der Waals surface area contributed by atoms with Crippen LogP contribution in [0.3, 0.4) is 0 Å². The van der Waals surface area contributed by atoms with Crippen molar-refractivity contribution in [1.82, 2.24) is 4.98 Å². The number of hydrogen-bond acceptors (Lipinski definition) is 2. The van der Waals surface area contributed by atoms with Gasteiger partial charge in [0.2, 0.25) is 0 Å². The minimum absolute atomic E-state index is 0.451. The van der Waals surface area contributed by atoms with Crippen LogP contribution in [0.25, 0.3) is 10.9 Å². The summed E-state index contributed by atoms with van der Waals surface area (Å²) in [6.45, 7) is 1.34. The van der Waals surface area contributed by atoms with Crippen molar-refractivity contribution in [2.75, 3.05) is 13.2 Å². The Kier molecular flexibility index (Phi) is 3.09. The Morgan fingerprint density at radius 3 is 2.75 bits per heavy atom. The molecule has 0 radical (unpaired) electrons. The monoisotopic (exact) mass is 375 g/mol. The highest BCUT2D eigenvalue weighted by Gasteiger charge is 2.41. The first-order valence-electron chi connectivity index (χ1n) is 6.54. The fourth-order valence-electron chi connectivity index (χ4n) is 3.21. The lowest BCUT2D eigenvalue weighted by molar-refractivity contribution is -0.163. The third-order valence-corrected chi connectivity index (χ3v) is 5.54. The highest BCUT2D eigenvalue weighted by Crippen LogP contribution is 2.44. The SMILES string of the molecule is Clc1cc(Br)c2c3c([nH]c2c1Cl)CCC1(C3)OCCO1. The van der Waals surface area contributed by atoms with Crippen LogP contribution in [-0.4, -0.2) is 24.0 Å². The number of H-pyrrole nitrogens is 1. The Morgan fingerprint density at radius 2 is 2.00 bits per heavy atom. The molecule has 0 unspecified atom stereocenters. The van der Waals surface area contributed by atoms with E-state index in [4.69, 9.17) is 32.7 Å². The van der Waals surface area contributed by atoms with Gasteiger partial charge in [0.25, 0.3) is 0 Å². The molecule has 2 aromatic rings.